The zero-order valence-electron chi connectivity index (χ0n) is 9.80. The second-order valence-electron chi connectivity index (χ2n) is 4.12. The summed E-state index contributed by atoms with van der Waals surface area (Å²) in [4.78, 5) is 11.1. The van der Waals surface area contributed by atoms with Gasteiger partial charge in [-0.25, -0.2) is 4.79 Å². The minimum atomic E-state index is -0.277. The second kappa shape index (κ2) is 6.63. The summed E-state index contributed by atoms with van der Waals surface area (Å²) in [6, 6.07) is 0. The van der Waals surface area contributed by atoms with Crippen LogP contribution >= 0.6 is 0 Å². The summed E-state index contributed by atoms with van der Waals surface area (Å²) in [5, 5.41) is 0. The molecule has 0 aliphatic heterocycles. The molecule has 0 aliphatic carbocycles. The molecule has 0 saturated heterocycles. The number of carbonyl (C=O) groups excluding carboxylic acids is 1. The van der Waals surface area contributed by atoms with Crippen molar-refractivity contribution in [3.8, 4) is 0 Å². The molecule has 0 bridgehead atoms. The summed E-state index contributed by atoms with van der Waals surface area (Å²) >= 11 is 0. The Morgan fingerprint density at radius 2 is 1.93 bits per heavy atom. The van der Waals surface area contributed by atoms with Crippen LogP contribution in [0.1, 0.15) is 40.5 Å². The largest absolute Gasteiger partial charge is 0.462 e. The van der Waals surface area contributed by atoms with Crippen LogP contribution < -0.4 is 0 Å². The van der Waals surface area contributed by atoms with Crippen LogP contribution in [0.2, 0.25) is 0 Å². The number of hydrogen-bond donors (Lipinski definition) is 0. The van der Waals surface area contributed by atoms with E-state index in [1.54, 1.807) is 6.92 Å². The third kappa shape index (κ3) is 5.05. The maximum Gasteiger partial charge on any atom is 0.333 e. The van der Waals surface area contributed by atoms with Crippen molar-refractivity contribution in [2.75, 3.05) is 6.61 Å². The molecule has 0 spiro atoms. The lowest BCUT2D eigenvalue weighted by atomic mass is 9.93. The van der Waals surface area contributed by atoms with Gasteiger partial charge >= 0.3 is 5.97 Å². The number of carbonyl (C=O) groups is 1. The lowest BCUT2D eigenvalue weighted by Crippen LogP contribution is -2.17. The Morgan fingerprint density at radius 1 is 1.36 bits per heavy atom. The Morgan fingerprint density at radius 3 is 2.36 bits per heavy atom. The van der Waals surface area contributed by atoms with E-state index in [-0.39, 0.29) is 5.97 Å². The van der Waals surface area contributed by atoms with Gasteiger partial charge in [-0.1, -0.05) is 40.2 Å². The van der Waals surface area contributed by atoms with Gasteiger partial charge in [0.25, 0.3) is 0 Å². The molecule has 0 aliphatic rings. The number of hydrogen-bond acceptors (Lipinski definition) is 2. The molecule has 0 rings (SSSR count). The molecule has 0 N–H and O–H groups in total. The van der Waals surface area contributed by atoms with Gasteiger partial charge < -0.3 is 4.74 Å². The van der Waals surface area contributed by atoms with E-state index in [2.05, 4.69) is 27.4 Å². The van der Waals surface area contributed by atoms with Crippen molar-refractivity contribution in [1.82, 2.24) is 0 Å². The van der Waals surface area contributed by atoms with Crippen LogP contribution in [0.3, 0.4) is 0 Å². The molecule has 0 heterocycles. The highest BCUT2D eigenvalue weighted by Crippen LogP contribution is 2.17. The smallest absolute Gasteiger partial charge is 0.333 e. The fourth-order valence-corrected chi connectivity index (χ4v) is 1.23. The van der Waals surface area contributed by atoms with E-state index in [9.17, 15) is 4.79 Å². The zero-order chi connectivity index (χ0) is 11.1. The van der Waals surface area contributed by atoms with Crippen LogP contribution in [-0.4, -0.2) is 12.6 Å². The van der Waals surface area contributed by atoms with Crippen LogP contribution in [0.4, 0.5) is 0 Å². The summed E-state index contributed by atoms with van der Waals surface area (Å²) in [7, 11) is 0. The lowest BCUT2D eigenvalue weighted by Gasteiger charge is -2.18. The van der Waals surface area contributed by atoms with E-state index in [4.69, 9.17) is 4.74 Å². The first kappa shape index (κ1) is 13.2. The molecular weight excluding hydrogens is 176 g/mol. The molecule has 2 heteroatoms. The predicted molar refractivity (Wildman–Crippen MR) is 59.0 cm³/mol. The Balaban J connectivity index is 3.78. The molecular formula is C12H22O2. The van der Waals surface area contributed by atoms with Gasteiger partial charge in [-0.2, -0.15) is 0 Å². The van der Waals surface area contributed by atoms with E-state index in [0.29, 0.717) is 24.0 Å². The van der Waals surface area contributed by atoms with Crippen molar-refractivity contribution >= 4 is 5.97 Å². The molecule has 0 saturated carbocycles. The highest BCUT2D eigenvalue weighted by molar-refractivity contribution is 5.86. The van der Waals surface area contributed by atoms with E-state index < -0.39 is 0 Å². The van der Waals surface area contributed by atoms with Crippen LogP contribution in [-0.2, 0) is 9.53 Å². The topological polar surface area (TPSA) is 26.3 Å². The average molecular weight is 198 g/mol. The average Bonchev–Trinajstić information content (AvgIpc) is 2.13. The zero-order valence-corrected chi connectivity index (χ0v) is 9.80. The monoisotopic (exact) mass is 198 g/mol. The van der Waals surface area contributed by atoms with Crippen molar-refractivity contribution in [3.63, 3.8) is 0 Å². The first-order chi connectivity index (χ1) is 6.49. The van der Waals surface area contributed by atoms with E-state index in [1.807, 2.05) is 0 Å². The fraction of sp³-hybridized carbons (Fsp3) is 0.750. The highest BCUT2D eigenvalue weighted by atomic mass is 16.5. The summed E-state index contributed by atoms with van der Waals surface area (Å²) in [6.07, 6.45) is 2.37. The van der Waals surface area contributed by atoms with Crippen molar-refractivity contribution in [1.29, 1.82) is 0 Å². The maximum absolute atomic E-state index is 11.1. The second-order valence-corrected chi connectivity index (χ2v) is 4.12. The molecule has 2 unspecified atom stereocenters. The van der Waals surface area contributed by atoms with Gasteiger partial charge in [0.05, 0.1) is 6.61 Å². The van der Waals surface area contributed by atoms with Gasteiger partial charge in [-0.05, 0) is 18.8 Å². The standard InChI is InChI=1S/C12H22O2/c1-6-7-10(4)11(5)8-14-12(13)9(2)3/h10-11H,2,6-8H2,1,3-5H3. The Bertz CT molecular complexity index is 196. The molecule has 0 aromatic rings. The lowest BCUT2D eigenvalue weighted by molar-refractivity contribution is -0.140. The Hall–Kier alpha value is -0.790. The first-order valence-corrected chi connectivity index (χ1v) is 5.31. The number of ether oxygens (including phenoxy) is 1. The summed E-state index contributed by atoms with van der Waals surface area (Å²) in [5.74, 6) is 0.761. The number of rotatable bonds is 6. The molecule has 0 fully saturated rings. The quantitative estimate of drug-likeness (QED) is 0.484. The Labute approximate surface area is 87.3 Å². The van der Waals surface area contributed by atoms with Gasteiger partial charge in [-0.3, -0.25) is 0 Å². The van der Waals surface area contributed by atoms with Crippen LogP contribution in [0.5, 0.6) is 0 Å². The molecule has 0 aromatic heterocycles. The van der Waals surface area contributed by atoms with Gasteiger partial charge in [0.15, 0.2) is 0 Å². The minimum Gasteiger partial charge on any atom is -0.462 e. The molecule has 82 valence electrons. The predicted octanol–water partition coefficient (Wildman–Crippen LogP) is 3.18. The van der Waals surface area contributed by atoms with Crippen LogP contribution in [0.25, 0.3) is 0 Å². The van der Waals surface area contributed by atoms with Crippen molar-refractivity contribution in [3.05, 3.63) is 12.2 Å². The van der Waals surface area contributed by atoms with Crippen LogP contribution in [0, 0.1) is 11.8 Å². The molecule has 0 aromatic carbocycles. The Kier molecular flexibility index (Phi) is 6.26. The highest BCUT2D eigenvalue weighted by Gasteiger charge is 2.13. The van der Waals surface area contributed by atoms with Gasteiger partial charge in [-0.15, -0.1) is 0 Å². The van der Waals surface area contributed by atoms with Crippen LogP contribution in [0.15, 0.2) is 12.2 Å². The maximum atomic E-state index is 11.1. The molecule has 14 heavy (non-hydrogen) atoms. The normalized spacial score (nSPS) is 14.6. The first-order valence-electron chi connectivity index (χ1n) is 5.31. The molecule has 2 atom stereocenters. The SMILES string of the molecule is C=C(C)C(=O)OCC(C)C(C)CCC. The van der Waals surface area contributed by atoms with Crippen molar-refractivity contribution < 1.29 is 9.53 Å². The molecule has 0 radical (unpaired) electrons. The summed E-state index contributed by atoms with van der Waals surface area (Å²) in [6.45, 7) is 12.2. The van der Waals surface area contributed by atoms with E-state index >= 15 is 0 Å². The van der Waals surface area contributed by atoms with Gasteiger partial charge in [0.1, 0.15) is 0 Å². The minimum absolute atomic E-state index is 0.277. The number of esters is 1. The van der Waals surface area contributed by atoms with Gasteiger partial charge in [0, 0.05) is 5.57 Å². The van der Waals surface area contributed by atoms with E-state index in [1.165, 1.54) is 12.8 Å². The molecule has 2 nitrogen and oxygen atoms in total. The van der Waals surface area contributed by atoms with Crippen molar-refractivity contribution in [2.45, 2.75) is 40.5 Å². The molecule has 0 amide bonds. The fourth-order valence-electron chi connectivity index (χ4n) is 1.23. The summed E-state index contributed by atoms with van der Waals surface area (Å²) < 4.78 is 5.09. The van der Waals surface area contributed by atoms with Gasteiger partial charge in [0.2, 0.25) is 0 Å². The van der Waals surface area contributed by atoms with E-state index in [0.717, 1.165) is 0 Å². The summed E-state index contributed by atoms with van der Waals surface area (Å²) in [5.41, 5.74) is 0.473. The van der Waals surface area contributed by atoms with Crippen molar-refractivity contribution in [2.24, 2.45) is 11.8 Å². The third-order valence-corrected chi connectivity index (χ3v) is 2.54. The third-order valence-electron chi connectivity index (χ3n) is 2.54.